The summed E-state index contributed by atoms with van der Waals surface area (Å²) in [5, 5.41) is 0. The summed E-state index contributed by atoms with van der Waals surface area (Å²) in [5.74, 6) is 0. The van der Waals surface area contributed by atoms with Gasteiger partial charge in [0, 0.05) is 42.7 Å². The minimum Gasteiger partial charge on any atom is -0.352 e. The molecule has 18 heteroatoms. The molecule has 0 aromatic heterocycles. The van der Waals surface area contributed by atoms with Crippen LogP contribution in [-0.2, 0) is 33.2 Å². The third-order valence-electron chi connectivity index (χ3n) is 1.87. The number of carbonyl (C=O) groups is 1. The van der Waals surface area contributed by atoms with Crippen LogP contribution < -0.4 is 0 Å². The Labute approximate surface area is 225 Å². The van der Waals surface area contributed by atoms with Crippen LogP contribution in [0.3, 0.4) is 0 Å². The van der Waals surface area contributed by atoms with Crippen molar-refractivity contribution >= 4 is 111 Å². The first kappa shape index (κ1) is 43.0. The highest BCUT2D eigenvalue weighted by Gasteiger charge is 2.33. The van der Waals surface area contributed by atoms with E-state index in [1.165, 1.54) is 35.5 Å². The SMILES string of the molecule is COC(F)C(Cl)(Cl)Cl.COC(OC)C(Cl)(Cl)Cl.COC(OC)OC.F.O=CC(Cl)(Cl)Cl. The molecule has 0 heterocycles. The molecule has 0 aliphatic carbocycles. The molecular formula is C13H23Cl9F2O7. The number of hydrogen-bond acceptors (Lipinski definition) is 7. The number of hydrogen-bond donors (Lipinski definition) is 0. The lowest BCUT2D eigenvalue weighted by molar-refractivity contribution is -0.252. The maximum Gasteiger partial charge on any atom is 0.270 e. The molecule has 0 saturated heterocycles. The van der Waals surface area contributed by atoms with E-state index in [1.54, 1.807) is 0 Å². The summed E-state index contributed by atoms with van der Waals surface area (Å²) in [7, 11) is 8.45. The van der Waals surface area contributed by atoms with Crippen LogP contribution in [0.15, 0.2) is 0 Å². The molecule has 1 atom stereocenters. The molecule has 0 radical (unpaired) electrons. The van der Waals surface area contributed by atoms with Gasteiger partial charge in [-0.05, 0) is 0 Å². The smallest absolute Gasteiger partial charge is 0.270 e. The van der Waals surface area contributed by atoms with Gasteiger partial charge in [-0.3, -0.25) is 9.50 Å². The number of carbonyl (C=O) groups excluding carboxylic acids is 1. The molecule has 0 aliphatic heterocycles. The number of rotatable bonds is 6. The molecule has 0 saturated carbocycles. The Hall–Kier alpha value is 1.90. The van der Waals surface area contributed by atoms with E-state index in [4.69, 9.17) is 104 Å². The van der Waals surface area contributed by atoms with Crippen LogP contribution in [0, 0.1) is 0 Å². The van der Waals surface area contributed by atoms with Crippen LogP contribution in [0.2, 0.25) is 0 Å². The second-order valence-electron chi connectivity index (χ2n) is 4.09. The van der Waals surface area contributed by atoms with Crippen molar-refractivity contribution in [2.24, 2.45) is 0 Å². The van der Waals surface area contributed by atoms with Crippen LogP contribution in [0.4, 0.5) is 9.09 Å². The zero-order chi connectivity index (χ0) is 25.2. The topological polar surface area (TPSA) is 72.5 Å². The highest BCUT2D eigenvalue weighted by molar-refractivity contribution is 6.74. The molecule has 1 unspecified atom stereocenters. The third kappa shape index (κ3) is 34.1. The standard InChI is InChI=1S/C4H7Cl3O2.C4H10O3.C3H4Cl3FO.C2HCl3O.FH/c1-8-3(9-2)4(5,6)7;1-5-4(6-2)7-3;1-8-2(7)3(4,5)6;3-2(4,5)1-6;/h3H,1-2H3;4H,1-3H3;2H,1H3;1H;1H. The lowest BCUT2D eigenvalue weighted by Gasteiger charge is -2.20. The fourth-order valence-corrected chi connectivity index (χ4v) is 1.59. The van der Waals surface area contributed by atoms with Crippen molar-refractivity contribution in [1.29, 1.82) is 0 Å². The zero-order valence-corrected chi connectivity index (χ0v) is 23.7. The molecule has 0 bridgehead atoms. The van der Waals surface area contributed by atoms with Gasteiger partial charge in [0.1, 0.15) is 0 Å². The van der Waals surface area contributed by atoms with E-state index in [1.807, 2.05) is 0 Å². The zero-order valence-electron chi connectivity index (χ0n) is 16.9. The third-order valence-corrected chi connectivity index (χ3v) is 3.19. The maximum atomic E-state index is 12.0. The van der Waals surface area contributed by atoms with E-state index in [2.05, 4.69) is 28.4 Å². The molecular weight excluding hydrogens is 625 g/mol. The van der Waals surface area contributed by atoms with Gasteiger partial charge in [0.15, 0.2) is 6.29 Å². The molecule has 0 amide bonds. The van der Waals surface area contributed by atoms with Crippen molar-refractivity contribution in [2.75, 3.05) is 42.7 Å². The first-order valence-corrected chi connectivity index (χ1v) is 10.3. The van der Waals surface area contributed by atoms with Crippen molar-refractivity contribution in [3.05, 3.63) is 0 Å². The number of halogens is 11. The average Bonchev–Trinajstić information content (AvgIpc) is 2.62. The normalized spacial score (nSPS) is 12.3. The van der Waals surface area contributed by atoms with E-state index in [-0.39, 0.29) is 11.0 Å². The van der Waals surface area contributed by atoms with E-state index >= 15 is 0 Å². The van der Waals surface area contributed by atoms with Crippen molar-refractivity contribution in [3.8, 4) is 0 Å². The molecule has 0 N–H and O–H groups in total. The van der Waals surface area contributed by atoms with Gasteiger partial charge in [0.25, 0.3) is 6.48 Å². The van der Waals surface area contributed by atoms with E-state index in [9.17, 15) is 9.18 Å². The molecule has 194 valence electrons. The maximum absolute atomic E-state index is 12.0. The second-order valence-corrected chi connectivity index (χ2v) is 11.2. The molecule has 0 spiro atoms. The van der Waals surface area contributed by atoms with Gasteiger partial charge in [0.2, 0.25) is 24.0 Å². The number of methoxy groups -OCH3 is 6. The summed E-state index contributed by atoms with van der Waals surface area (Å²) in [6.45, 7) is -0.514. The van der Waals surface area contributed by atoms with Crippen LogP contribution >= 0.6 is 104 Å². The number of aldehydes is 1. The summed E-state index contributed by atoms with van der Waals surface area (Å²) in [5.41, 5.74) is 0. The van der Waals surface area contributed by atoms with Gasteiger partial charge >= 0.3 is 0 Å². The van der Waals surface area contributed by atoms with Crippen LogP contribution in [0.1, 0.15) is 0 Å². The fourth-order valence-electron chi connectivity index (χ4n) is 0.786. The first-order chi connectivity index (χ1) is 13.4. The Bertz CT molecular complexity index is 383. The summed E-state index contributed by atoms with van der Waals surface area (Å²) >= 11 is 45.8. The molecule has 0 aromatic carbocycles. The molecule has 0 rings (SSSR count). The predicted octanol–water partition coefficient (Wildman–Crippen LogP) is 6.19. The van der Waals surface area contributed by atoms with Crippen molar-refractivity contribution in [1.82, 2.24) is 0 Å². The summed E-state index contributed by atoms with van der Waals surface area (Å²) in [6.07, 6.45) is -2.42. The van der Waals surface area contributed by atoms with Gasteiger partial charge in [-0.1, -0.05) is 104 Å². The molecule has 0 aromatic rings. The van der Waals surface area contributed by atoms with Crippen LogP contribution in [0.5, 0.6) is 0 Å². The van der Waals surface area contributed by atoms with Crippen molar-refractivity contribution < 1.29 is 42.3 Å². The molecule has 0 aliphatic rings. The fraction of sp³-hybridized carbons (Fsp3) is 0.923. The van der Waals surface area contributed by atoms with Crippen molar-refractivity contribution in [2.45, 2.75) is 30.5 Å². The number of alkyl halides is 10. The van der Waals surface area contributed by atoms with Gasteiger partial charge < -0.3 is 28.4 Å². The van der Waals surface area contributed by atoms with E-state index in [0.717, 1.165) is 7.11 Å². The molecule has 7 nitrogen and oxygen atoms in total. The minimum atomic E-state index is -1.96. The lowest BCUT2D eigenvalue weighted by atomic mass is 10.7. The Morgan fingerprint density at radius 3 is 0.935 bits per heavy atom. The minimum absolute atomic E-state index is 0. The van der Waals surface area contributed by atoms with Gasteiger partial charge in [-0.15, -0.1) is 0 Å². The average molecular weight is 648 g/mol. The largest absolute Gasteiger partial charge is 0.352 e. The highest BCUT2D eigenvalue weighted by Crippen LogP contribution is 2.32. The molecule has 31 heavy (non-hydrogen) atoms. The van der Waals surface area contributed by atoms with E-state index in [0.29, 0.717) is 0 Å². The Morgan fingerprint density at radius 2 is 0.935 bits per heavy atom. The monoisotopic (exact) mass is 644 g/mol. The van der Waals surface area contributed by atoms with E-state index < -0.39 is 30.5 Å². The van der Waals surface area contributed by atoms with Crippen LogP contribution in [-0.4, -0.2) is 79.4 Å². The summed E-state index contributed by atoms with van der Waals surface area (Å²) < 4.78 is 34.0. The quantitative estimate of drug-likeness (QED) is 0.193. The van der Waals surface area contributed by atoms with Crippen LogP contribution in [0.25, 0.3) is 0 Å². The first-order valence-electron chi connectivity index (χ1n) is 6.88. The Morgan fingerprint density at radius 1 is 0.645 bits per heavy atom. The lowest BCUT2D eigenvalue weighted by Crippen LogP contribution is -2.29. The molecule has 0 fully saturated rings. The summed E-state index contributed by atoms with van der Waals surface area (Å²) in [6, 6.07) is 0. The van der Waals surface area contributed by atoms with Gasteiger partial charge in [-0.25, -0.2) is 4.39 Å². The second kappa shape index (κ2) is 23.6. The van der Waals surface area contributed by atoms with Gasteiger partial charge in [0.05, 0.1) is 0 Å². The van der Waals surface area contributed by atoms with Crippen molar-refractivity contribution in [3.63, 3.8) is 0 Å². The van der Waals surface area contributed by atoms with Gasteiger partial charge in [-0.2, -0.15) is 0 Å². The Kier molecular flexibility index (Phi) is 32.8. The number of ether oxygens (including phenoxy) is 6. The highest BCUT2D eigenvalue weighted by atomic mass is 35.6. The Balaban J connectivity index is -0.0000000969. The summed E-state index contributed by atoms with van der Waals surface area (Å²) in [4.78, 5) is 9.43. The predicted molar refractivity (Wildman–Crippen MR) is 124 cm³/mol.